The van der Waals surface area contributed by atoms with E-state index in [9.17, 15) is 13.0 Å². The van der Waals surface area contributed by atoms with Crippen molar-refractivity contribution in [2.45, 2.75) is 13.0 Å². The average Bonchev–Trinajstić information content (AvgIpc) is 2.00. The molecule has 0 aliphatic carbocycles. The number of rotatable bonds is 2. The highest BCUT2D eigenvalue weighted by Crippen LogP contribution is 2.42. The molecule has 0 aromatic heterocycles. The molecule has 0 radical (unpaired) electrons. The van der Waals surface area contributed by atoms with E-state index in [4.69, 9.17) is 4.52 Å². The van der Waals surface area contributed by atoms with Gasteiger partial charge in [-0.15, -0.1) is 0 Å². The third-order valence-corrected chi connectivity index (χ3v) is 4.61. The second-order valence-corrected chi connectivity index (χ2v) is 8.82. The standard InChI is InChI=1S/C7H15O4PS/c1-6-4-13(9,10)5-7(6)11-12(2,3)8/h6-7H,4-5H2,1-3H3/t6-,7?/m1/s1. The predicted molar refractivity (Wildman–Crippen MR) is 52.1 cm³/mol. The lowest BCUT2D eigenvalue weighted by Gasteiger charge is -2.17. The largest absolute Gasteiger partial charge is 0.324 e. The van der Waals surface area contributed by atoms with E-state index in [0.29, 0.717) is 0 Å². The van der Waals surface area contributed by atoms with Gasteiger partial charge in [-0.2, -0.15) is 0 Å². The Hall–Kier alpha value is 0.140. The quantitative estimate of drug-likeness (QED) is 0.658. The molecular weight excluding hydrogens is 211 g/mol. The first kappa shape index (κ1) is 11.2. The van der Waals surface area contributed by atoms with E-state index < -0.39 is 17.2 Å². The van der Waals surface area contributed by atoms with Crippen molar-refractivity contribution >= 4 is 17.2 Å². The maximum absolute atomic E-state index is 11.3. The molecule has 0 spiro atoms. The lowest BCUT2D eigenvalue weighted by atomic mass is 10.1. The van der Waals surface area contributed by atoms with Gasteiger partial charge in [0, 0.05) is 13.3 Å². The fourth-order valence-corrected chi connectivity index (χ4v) is 4.54. The zero-order chi connectivity index (χ0) is 10.3. The van der Waals surface area contributed by atoms with Gasteiger partial charge in [-0.05, 0) is 5.92 Å². The molecule has 2 atom stereocenters. The molecule has 78 valence electrons. The highest BCUT2D eigenvalue weighted by molar-refractivity contribution is 7.91. The Morgan fingerprint density at radius 2 is 1.85 bits per heavy atom. The van der Waals surface area contributed by atoms with E-state index in [2.05, 4.69) is 0 Å². The second kappa shape index (κ2) is 3.37. The fourth-order valence-electron chi connectivity index (χ4n) is 1.45. The van der Waals surface area contributed by atoms with Crippen LogP contribution >= 0.6 is 7.37 Å². The Morgan fingerprint density at radius 1 is 1.31 bits per heavy atom. The van der Waals surface area contributed by atoms with E-state index in [1.165, 1.54) is 13.3 Å². The molecule has 1 aliphatic heterocycles. The second-order valence-electron chi connectivity index (χ2n) is 3.95. The van der Waals surface area contributed by atoms with Crippen LogP contribution in [0.25, 0.3) is 0 Å². The highest BCUT2D eigenvalue weighted by atomic mass is 32.2. The van der Waals surface area contributed by atoms with Crippen molar-refractivity contribution in [3.63, 3.8) is 0 Å². The van der Waals surface area contributed by atoms with Gasteiger partial charge >= 0.3 is 0 Å². The molecule has 0 aromatic carbocycles. The van der Waals surface area contributed by atoms with Crippen molar-refractivity contribution < 1.29 is 17.5 Å². The number of sulfone groups is 1. The third-order valence-electron chi connectivity index (χ3n) is 1.96. The first-order chi connectivity index (χ1) is 5.70. The van der Waals surface area contributed by atoms with Gasteiger partial charge in [0.25, 0.3) is 0 Å². The van der Waals surface area contributed by atoms with E-state index >= 15 is 0 Å². The summed E-state index contributed by atoms with van der Waals surface area (Å²) in [7, 11) is -5.54. The van der Waals surface area contributed by atoms with Crippen LogP contribution in [0.3, 0.4) is 0 Å². The van der Waals surface area contributed by atoms with Gasteiger partial charge in [0.15, 0.2) is 17.2 Å². The average molecular weight is 226 g/mol. The first-order valence-electron chi connectivity index (χ1n) is 4.13. The van der Waals surface area contributed by atoms with E-state index in [1.807, 2.05) is 6.92 Å². The van der Waals surface area contributed by atoms with Crippen LogP contribution in [0.15, 0.2) is 0 Å². The van der Waals surface area contributed by atoms with Crippen LogP contribution in [0.4, 0.5) is 0 Å². The monoisotopic (exact) mass is 226 g/mol. The molecule has 1 heterocycles. The Balaban J connectivity index is 2.70. The van der Waals surface area contributed by atoms with Crippen molar-refractivity contribution in [3.05, 3.63) is 0 Å². The Labute approximate surface area is 79.0 Å². The first-order valence-corrected chi connectivity index (χ1v) is 8.47. The van der Waals surface area contributed by atoms with Gasteiger partial charge in [-0.3, -0.25) is 4.57 Å². The lowest BCUT2D eigenvalue weighted by Crippen LogP contribution is -2.18. The Bertz CT molecular complexity index is 328. The normalized spacial score (nSPS) is 33.5. The smallest absolute Gasteiger partial charge is 0.197 e. The molecule has 0 N–H and O–H groups in total. The molecule has 1 unspecified atom stereocenters. The van der Waals surface area contributed by atoms with Gasteiger partial charge in [0.2, 0.25) is 0 Å². The summed E-state index contributed by atoms with van der Waals surface area (Å²) in [5.41, 5.74) is 0. The van der Waals surface area contributed by atoms with Crippen LogP contribution in [0, 0.1) is 5.92 Å². The highest BCUT2D eigenvalue weighted by Gasteiger charge is 2.37. The summed E-state index contributed by atoms with van der Waals surface area (Å²) in [5.74, 6) is 0.121. The summed E-state index contributed by atoms with van der Waals surface area (Å²) < 4.78 is 38.9. The van der Waals surface area contributed by atoms with Crippen LogP contribution < -0.4 is 0 Å². The van der Waals surface area contributed by atoms with Crippen molar-refractivity contribution in [1.82, 2.24) is 0 Å². The zero-order valence-corrected chi connectivity index (χ0v) is 9.77. The van der Waals surface area contributed by atoms with E-state index in [1.54, 1.807) is 0 Å². The molecule has 4 nitrogen and oxygen atoms in total. The molecule has 1 fully saturated rings. The Morgan fingerprint density at radius 3 is 2.15 bits per heavy atom. The molecule has 1 aliphatic rings. The van der Waals surface area contributed by atoms with Crippen molar-refractivity contribution in [2.24, 2.45) is 5.92 Å². The summed E-state index contributed by atoms with van der Waals surface area (Å²) in [6.45, 7) is 4.82. The minimum absolute atomic E-state index is 0.0137. The summed E-state index contributed by atoms with van der Waals surface area (Å²) in [6, 6.07) is 0. The van der Waals surface area contributed by atoms with Crippen molar-refractivity contribution in [3.8, 4) is 0 Å². The molecule has 1 saturated heterocycles. The summed E-state index contributed by atoms with van der Waals surface area (Å²) in [6.07, 6.45) is -0.383. The van der Waals surface area contributed by atoms with E-state index in [0.717, 1.165) is 0 Å². The lowest BCUT2D eigenvalue weighted by molar-refractivity contribution is 0.191. The predicted octanol–water partition coefficient (Wildman–Crippen LogP) is 0.974. The van der Waals surface area contributed by atoms with Gasteiger partial charge < -0.3 is 4.52 Å². The number of hydrogen-bond donors (Lipinski definition) is 0. The topological polar surface area (TPSA) is 60.4 Å². The van der Waals surface area contributed by atoms with Gasteiger partial charge in [0.05, 0.1) is 17.6 Å². The third kappa shape index (κ3) is 3.41. The summed E-state index contributed by atoms with van der Waals surface area (Å²) in [5, 5.41) is 0. The maximum atomic E-state index is 11.3. The molecule has 0 amide bonds. The molecule has 13 heavy (non-hydrogen) atoms. The zero-order valence-electron chi connectivity index (χ0n) is 8.06. The van der Waals surface area contributed by atoms with Gasteiger partial charge in [0.1, 0.15) is 0 Å². The van der Waals surface area contributed by atoms with Crippen LogP contribution in [-0.2, 0) is 18.9 Å². The molecule has 6 heteroatoms. The molecular formula is C7H15O4PS. The molecule has 1 rings (SSSR count). The van der Waals surface area contributed by atoms with Crippen LogP contribution in [-0.4, -0.2) is 39.4 Å². The summed E-state index contributed by atoms with van der Waals surface area (Å²) >= 11 is 0. The van der Waals surface area contributed by atoms with Gasteiger partial charge in [-0.25, -0.2) is 8.42 Å². The minimum Gasteiger partial charge on any atom is -0.324 e. The van der Waals surface area contributed by atoms with Crippen LogP contribution in [0.1, 0.15) is 6.92 Å². The van der Waals surface area contributed by atoms with Crippen LogP contribution in [0.5, 0.6) is 0 Å². The summed E-state index contributed by atoms with van der Waals surface area (Å²) in [4.78, 5) is 0. The molecule has 0 aromatic rings. The SMILES string of the molecule is C[C@@H]1CS(=O)(=O)CC1OP(C)(C)=O. The van der Waals surface area contributed by atoms with Crippen molar-refractivity contribution in [1.29, 1.82) is 0 Å². The Kier molecular flexibility index (Phi) is 2.91. The maximum Gasteiger partial charge on any atom is 0.197 e. The van der Waals surface area contributed by atoms with Gasteiger partial charge in [-0.1, -0.05) is 6.92 Å². The van der Waals surface area contributed by atoms with Crippen molar-refractivity contribution in [2.75, 3.05) is 24.8 Å². The fraction of sp³-hybridized carbons (Fsp3) is 1.00. The number of hydrogen-bond acceptors (Lipinski definition) is 4. The van der Waals surface area contributed by atoms with Crippen LogP contribution in [0.2, 0.25) is 0 Å². The minimum atomic E-state index is -2.96. The van der Waals surface area contributed by atoms with E-state index in [-0.39, 0.29) is 23.5 Å². The molecule has 0 bridgehead atoms. The molecule has 0 saturated carbocycles.